The highest BCUT2D eigenvalue weighted by Gasteiger charge is 2.66. The third-order valence-electron chi connectivity index (χ3n) is 3.77. The van der Waals surface area contributed by atoms with Crippen LogP contribution in [0, 0.1) is 23.6 Å². The topological polar surface area (TPSA) is 63.4 Å². The molecule has 18 heavy (non-hydrogen) atoms. The lowest BCUT2D eigenvalue weighted by molar-refractivity contribution is -0.142. The molecule has 2 amide bonds. The van der Waals surface area contributed by atoms with E-state index in [2.05, 4.69) is 0 Å². The van der Waals surface area contributed by atoms with Crippen molar-refractivity contribution in [3.8, 4) is 0 Å². The van der Waals surface area contributed by atoms with Gasteiger partial charge in [-0.1, -0.05) is 12.1 Å². The molecule has 1 aromatic rings. The van der Waals surface area contributed by atoms with Crippen LogP contribution >= 0.6 is 0 Å². The maximum atomic E-state index is 13.0. The number of hydrogen-bond donors (Lipinski definition) is 1. The summed E-state index contributed by atoms with van der Waals surface area (Å²) in [5.74, 6) is -1.12. The Morgan fingerprint density at radius 2 is 1.89 bits per heavy atom. The second kappa shape index (κ2) is 3.88. The zero-order valence-electron chi connectivity index (χ0n) is 9.67. The average Bonchev–Trinajstić information content (AvgIpc) is 3.03. The van der Waals surface area contributed by atoms with E-state index >= 15 is 0 Å². The number of imide groups is 1. The minimum Gasteiger partial charge on any atom is -0.330 e. The van der Waals surface area contributed by atoms with E-state index in [1.54, 1.807) is 12.1 Å². The van der Waals surface area contributed by atoms with E-state index in [0.29, 0.717) is 12.1 Å². The summed E-state index contributed by atoms with van der Waals surface area (Å²) in [5, 5.41) is 0. The molecule has 1 saturated heterocycles. The Kier molecular flexibility index (Phi) is 2.45. The minimum absolute atomic E-state index is 0.0220. The quantitative estimate of drug-likeness (QED) is 0.793. The number of amides is 2. The van der Waals surface area contributed by atoms with Crippen molar-refractivity contribution in [1.82, 2.24) is 4.90 Å². The van der Waals surface area contributed by atoms with Gasteiger partial charge in [-0.15, -0.1) is 0 Å². The number of likely N-dealkylation sites (tertiary alicyclic amines) is 1. The first-order valence-corrected chi connectivity index (χ1v) is 5.93. The zero-order chi connectivity index (χ0) is 12.9. The number of piperidine rings is 1. The SMILES string of the molecule is NCC1C2C(=O)N(Cc3cccc(F)c3)C(=O)C12. The van der Waals surface area contributed by atoms with Gasteiger partial charge in [-0.05, 0) is 30.2 Å². The molecule has 0 spiro atoms. The maximum absolute atomic E-state index is 13.0. The van der Waals surface area contributed by atoms with E-state index in [-0.39, 0.29) is 41.9 Å². The lowest BCUT2D eigenvalue weighted by Crippen LogP contribution is -2.35. The molecular formula is C13H13FN2O2. The summed E-state index contributed by atoms with van der Waals surface area (Å²) in [7, 11) is 0. The fourth-order valence-corrected chi connectivity index (χ4v) is 2.78. The number of rotatable bonds is 3. The standard InChI is InChI=1S/C13H13FN2O2/c14-8-3-1-2-7(4-8)6-16-12(17)10-9(5-15)11(10)13(16)18/h1-4,9-11H,5-6,15H2. The Hall–Kier alpha value is -1.75. The first-order chi connectivity index (χ1) is 8.63. The van der Waals surface area contributed by atoms with Crippen LogP contribution in [0.1, 0.15) is 5.56 Å². The van der Waals surface area contributed by atoms with E-state index in [9.17, 15) is 14.0 Å². The van der Waals surface area contributed by atoms with Crippen LogP contribution in [0.3, 0.4) is 0 Å². The van der Waals surface area contributed by atoms with Gasteiger partial charge in [0.2, 0.25) is 11.8 Å². The molecule has 5 heteroatoms. The highest BCUT2D eigenvalue weighted by Crippen LogP contribution is 2.52. The molecule has 2 fully saturated rings. The van der Waals surface area contributed by atoms with Gasteiger partial charge in [0.25, 0.3) is 0 Å². The molecular weight excluding hydrogens is 235 g/mol. The summed E-state index contributed by atoms with van der Waals surface area (Å²) in [6.07, 6.45) is 0. The normalized spacial score (nSPS) is 29.7. The van der Waals surface area contributed by atoms with Gasteiger partial charge < -0.3 is 5.73 Å². The van der Waals surface area contributed by atoms with Gasteiger partial charge in [-0.3, -0.25) is 14.5 Å². The van der Waals surface area contributed by atoms with E-state index < -0.39 is 0 Å². The van der Waals surface area contributed by atoms with Crippen LogP contribution < -0.4 is 5.73 Å². The van der Waals surface area contributed by atoms with Gasteiger partial charge in [0, 0.05) is 0 Å². The van der Waals surface area contributed by atoms with Crippen LogP contribution in [0.25, 0.3) is 0 Å². The molecule has 2 aliphatic rings. The molecule has 4 nitrogen and oxygen atoms in total. The third kappa shape index (κ3) is 1.54. The second-order valence-corrected chi connectivity index (χ2v) is 4.84. The Bertz CT molecular complexity index is 509. The number of benzene rings is 1. The molecule has 0 radical (unpaired) electrons. The van der Waals surface area contributed by atoms with E-state index in [0.717, 1.165) is 0 Å². The number of hydrogen-bond acceptors (Lipinski definition) is 3. The molecule has 1 aliphatic carbocycles. The monoisotopic (exact) mass is 248 g/mol. The van der Waals surface area contributed by atoms with Crippen LogP contribution in [0.15, 0.2) is 24.3 Å². The zero-order valence-corrected chi connectivity index (χ0v) is 9.67. The Labute approximate surface area is 104 Å². The summed E-state index contributed by atoms with van der Waals surface area (Å²) >= 11 is 0. The summed E-state index contributed by atoms with van der Waals surface area (Å²) in [6.45, 7) is 0.528. The first-order valence-electron chi connectivity index (χ1n) is 5.93. The van der Waals surface area contributed by atoms with Crippen molar-refractivity contribution < 1.29 is 14.0 Å². The van der Waals surface area contributed by atoms with Crippen molar-refractivity contribution in [2.75, 3.05) is 6.54 Å². The van der Waals surface area contributed by atoms with Gasteiger partial charge in [0.05, 0.1) is 18.4 Å². The van der Waals surface area contributed by atoms with Gasteiger partial charge in [-0.25, -0.2) is 4.39 Å². The van der Waals surface area contributed by atoms with Crippen molar-refractivity contribution >= 4 is 11.8 Å². The average molecular weight is 248 g/mol. The van der Waals surface area contributed by atoms with Crippen molar-refractivity contribution in [2.45, 2.75) is 6.54 Å². The molecule has 3 rings (SSSR count). The smallest absolute Gasteiger partial charge is 0.233 e. The molecule has 2 unspecified atom stereocenters. The predicted molar refractivity (Wildman–Crippen MR) is 61.5 cm³/mol. The fraction of sp³-hybridized carbons (Fsp3) is 0.385. The van der Waals surface area contributed by atoms with Gasteiger partial charge in [-0.2, -0.15) is 0 Å². The predicted octanol–water partition coefficient (Wildman–Crippen LogP) is 0.515. The molecule has 1 aliphatic heterocycles. The number of nitrogens with two attached hydrogens (primary N) is 1. The van der Waals surface area contributed by atoms with Crippen molar-refractivity contribution in [3.63, 3.8) is 0 Å². The largest absolute Gasteiger partial charge is 0.330 e. The van der Waals surface area contributed by atoms with Crippen molar-refractivity contribution in [3.05, 3.63) is 35.6 Å². The van der Waals surface area contributed by atoms with Gasteiger partial charge >= 0.3 is 0 Å². The highest BCUT2D eigenvalue weighted by molar-refractivity contribution is 6.09. The number of carbonyl (C=O) groups is 2. The molecule has 2 N–H and O–H groups in total. The summed E-state index contributed by atoms with van der Waals surface area (Å²) < 4.78 is 13.0. The van der Waals surface area contributed by atoms with Gasteiger partial charge in [0.1, 0.15) is 5.82 Å². The number of halogens is 1. The van der Waals surface area contributed by atoms with Crippen LogP contribution in [-0.4, -0.2) is 23.3 Å². The molecule has 1 heterocycles. The van der Waals surface area contributed by atoms with Crippen LogP contribution in [0.4, 0.5) is 4.39 Å². The molecule has 1 saturated carbocycles. The van der Waals surface area contributed by atoms with E-state index in [4.69, 9.17) is 5.73 Å². The molecule has 1 aromatic carbocycles. The minimum atomic E-state index is -0.364. The molecule has 94 valence electrons. The highest BCUT2D eigenvalue weighted by atomic mass is 19.1. The Morgan fingerprint density at radius 1 is 1.22 bits per heavy atom. The lowest BCUT2D eigenvalue weighted by atomic mass is 10.2. The Balaban J connectivity index is 1.76. The number of carbonyl (C=O) groups excluding carboxylic acids is 2. The summed E-state index contributed by atoms with van der Waals surface area (Å²) in [4.78, 5) is 25.2. The lowest BCUT2D eigenvalue weighted by Gasteiger charge is -2.18. The maximum Gasteiger partial charge on any atom is 0.233 e. The third-order valence-corrected chi connectivity index (χ3v) is 3.77. The molecule has 0 bridgehead atoms. The van der Waals surface area contributed by atoms with Crippen molar-refractivity contribution in [1.29, 1.82) is 0 Å². The van der Waals surface area contributed by atoms with E-state index in [1.165, 1.54) is 17.0 Å². The first kappa shape index (κ1) is 11.3. The van der Waals surface area contributed by atoms with E-state index in [1.807, 2.05) is 0 Å². The fourth-order valence-electron chi connectivity index (χ4n) is 2.78. The second-order valence-electron chi connectivity index (χ2n) is 4.84. The van der Waals surface area contributed by atoms with Crippen LogP contribution in [0.2, 0.25) is 0 Å². The van der Waals surface area contributed by atoms with Crippen LogP contribution in [-0.2, 0) is 16.1 Å². The van der Waals surface area contributed by atoms with Gasteiger partial charge in [0.15, 0.2) is 0 Å². The molecule has 0 aromatic heterocycles. The number of nitrogens with zero attached hydrogens (tertiary/aromatic N) is 1. The summed E-state index contributed by atoms with van der Waals surface area (Å²) in [5.41, 5.74) is 6.12. The number of fused-ring (bicyclic) bond motifs is 1. The Morgan fingerprint density at radius 3 is 2.44 bits per heavy atom. The summed E-state index contributed by atoms with van der Waals surface area (Å²) in [6, 6.07) is 5.94. The molecule has 2 atom stereocenters. The van der Waals surface area contributed by atoms with Crippen LogP contribution in [0.5, 0.6) is 0 Å². The van der Waals surface area contributed by atoms with Crippen molar-refractivity contribution in [2.24, 2.45) is 23.5 Å².